The number of fused-ring (bicyclic) bond motifs is 3. The standard InChI is InChI=1S/C33H31NO6/c1-3-19-4-8-21(9-5-19)34-32(38)24-13-12-23-25(29(24)33(34)39)17-26-30(27(36)16-18(2)31(26)37)28(23)20-6-10-22(11-7-20)40-15-14-35/h4-12,16,24-25,28-29,35H,3,13-15,17H2,1-2H3. The molecule has 1 fully saturated rings. The van der Waals surface area contributed by atoms with Crippen LogP contribution >= 0.6 is 0 Å². The predicted octanol–water partition coefficient (Wildman–Crippen LogP) is 4.25. The summed E-state index contributed by atoms with van der Waals surface area (Å²) in [4.78, 5) is 55.7. The summed E-state index contributed by atoms with van der Waals surface area (Å²) in [6, 6.07) is 14.8. The van der Waals surface area contributed by atoms with Crippen LogP contribution in [0, 0.1) is 17.8 Å². The van der Waals surface area contributed by atoms with Crippen molar-refractivity contribution < 1.29 is 29.0 Å². The van der Waals surface area contributed by atoms with Gasteiger partial charge in [0.15, 0.2) is 11.6 Å². The first kappa shape index (κ1) is 26.1. The van der Waals surface area contributed by atoms with Gasteiger partial charge >= 0.3 is 0 Å². The Morgan fingerprint density at radius 2 is 1.68 bits per heavy atom. The van der Waals surface area contributed by atoms with Crippen LogP contribution in [0.3, 0.4) is 0 Å². The molecule has 1 N–H and O–H groups in total. The van der Waals surface area contributed by atoms with E-state index in [0.717, 1.165) is 23.1 Å². The molecule has 1 heterocycles. The molecule has 40 heavy (non-hydrogen) atoms. The first-order chi connectivity index (χ1) is 19.3. The maximum Gasteiger partial charge on any atom is 0.238 e. The van der Waals surface area contributed by atoms with E-state index in [1.807, 2.05) is 42.5 Å². The van der Waals surface area contributed by atoms with E-state index < -0.39 is 17.8 Å². The quantitative estimate of drug-likeness (QED) is 0.336. The Labute approximate surface area is 232 Å². The van der Waals surface area contributed by atoms with Crippen molar-refractivity contribution >= 4 is 29.1 Å². The molecule has 0 spiro atoms. The van der Waals surface area contributed by atoms with Gasteiger partial charge in [-0.05, 0) is 73.6 Å². The lowest BCUT2D eigenvalue weighted by Crippen LogP contribution is -2.39. The van der Waals surface area contributed by atoms with E-state index in [1.165, 1.54) is 11.0 Å². The molecular formula is C33H31NO6. The van der Waals surface area contributed by atoms with Crippen LogP contribution in [0.25, 0.3) is 0 Å². The van der Waals surface area contributed by atoms with Crippen LogP contribution in [0.4, 0.5) is 5.69 Å². The number of carbonyl (C=O) groups is 4. The van der Waals surface area contributed by atoms with Crippen molar-refractivity contribution in [3.63, 3.8) is 0 Å². The van der Waals surface area contributed by atoms with Gasteiger partial charge in [-0.25, -0.2) is 0 Å². The number of aliphatic hydroxyl groups excluding tert-OH is 1. The highest BCUT2D eigenvalue weighted by molar-refractivity contribution is 6.25. The number of aliphatic hydroxyl groups is 1. The van der Waals surface area contributed by atoms with Gasteiger partial charge in [-0.15, -0.1) is 0 Å². The molecule has 4 aliphatic rings. The van der Waals surface area contributed by atoms with Crippen molar-refractivity contribution in [3.8, 4) is 5.75 Å². The van der Waals surface area contributed by atoms with Crippen LogP contribution in [-0.4, -0.2) is 41.7 Å². The number of ether oxygens (including phenoxy) is 1. The fraction of sp³-hybridized carbons (Fsp3) is 0.333. The van der Waals surface area contributed by atoms with Crippen molar-refractivity contribution in [1.82, 2.24) is 0 Å². The van der Waals surface area contributed by atoms with Crippen molar-refractivity contribution in [2.24, 2.45) is 17.8 Å². The number of hydrogen-bond donors (Lipinski definition) is 1. The second-order valence-corrected chi connectivity index (χ2v) is 10.9. The molecule has 0 saturated carbocycles. The minimum Gasteiger partial charge on any atom is -0.491 e. The number of anilines is 1. The molecule has 0 bridgehead atoms. The zero-order valence-electron chi connectivity index (χ0n) is 22.6. The Morgan fingerprint density at radius 1 is 0.950 bits per heavy atom. The van der Waals surface area contributed by atoms with E-state index in [2.05, 4.69) is 6.92 Å². The normalized spacial score (nSPS) is 25.8. The molecule has 2 aromatic carbocycles. The van der Waals surface area contributed by atoms with Gasteiger partial charge in [0.2, 0.25) is 11.8 Å². The molecule has 2 aromatic rings. The molecule has 4 unspecified atom stereocenters. The number of nitrogens with zero attached hydrogens (tertiary/aromatic N) is 1. The minimum absolute atomic E-state index is 0.105. The number of allylic oxidation sites excluding steroid dienone is 6. The van der Waals surface area contributed by atoms with E-state index in [9.17, 15) is 19.2 Å². The number of hydrogen-bond acceptors (Lipinski definition) is 6. The SMILES string of the molecule is CCc1ccc(N2C(=O)C3CC=C4C(c5ccc(OCCO)cc5)C5=C(CC4C3C2=O)C(=O)C(C)=CC5=O)cc1. The molecule has 7 nitrogen and oxygen atoms in total. The number of carbonyl (C=O) groups excluding carboxylic acids is 4. The van der Waals surface area contributed by atoms with Crippen LogP contribution in [0.5, 0.6) is 5.75 Å². The largest absolute Gasteiger partial charge is 0.491 e. The first-order valence-corrected chi connectivity index (χ1v) is 13.8. The molecule has 0 aromatic heterocycles. The average Bonchev–Trinajstić information content (AvgIpc) is 3.23. The second-order valence-electron chi connectivity index (χ2n) is 10.9. The summed E-state index contributed by atoms with van der Waals surface area (Å²) in [7, 11) is 0. The highest BCUT2D eigenvalue weighted by atomic mass is 16.5. The van der Waals surface area contributed by atoms with Gasteiger partial charge < -0.3 is 9.84 Å². The summed E-state index contributed by atoms with van der Waals surface area (Å²) in [6.45, 7) is 3.76. The van der Waals surface area contributed by atoms with Crippen molar-refractivity contribution in [3.05, 3.63) is 94.1 Å². The Bertz CT molecular complexity index is 1510. The summed E-state index contributed by atoms with van der Waals surface area (Å²) in [6.07, 6.45) is 4.95. The maximum absolute atomic E-state index is 14.0. The molecule has 204 valence electrons. The lowest BCUT2D eigenvalue weighted by molar-refractivity contribution is -0.123. The molecule has 0 radical (unpaired) electrons. The number of benzene rings is 2. The van der Waals surface area contributed by atoms with Crippen LogP contribution in [0.1, 0.15) is 43.7 Å². The summed E-state index contributed by atoms with van der Waals surface area (Å²) < 4.78 is 5.52. The third-order valence-corrected chi connectivity index (χ3v) is 8.74. The lowest BCUT2D eigenvalue weighted by atomic mass is 9.59. The Balaban J connectivity index is 1.42. The Kier molecular flexibility index (Phi) is 6.62. The summed E-state index contributed by atoms with van der Waals surface area (Å²) in [5.41, 5.74) is 4.72. The van der Waals surface area contributed by atoms with Crippen molar-refractivity contribution in [2.45, 2.75) is 39.0 Å². The third-order valence-electron chi connectivity index (χ3n) is 8.74. The molecule has 2 amide bonds. The molecular weight excluding hydrogens is 506 g/mol. The van der Waals surface area contributed by atoms with Crippen molar-refractivity contribution in [1.29, 1.82) is 0 Å². The van der Waals surface area contributed by atoms with Crippen LogP contribution in [0.15, 0.2) is 83.0 Å². The lowest BCUT2D eigenvalue weighted by Gasteiger charge is -2.42. The molecule has 6 rings (SSSR count). The van der Waals surface area contributed by atoms with Crippen molar-refractivity contribution in [2.75, 3.05) is 18.1 Å². The molecule has 1 aliphatic heterocycles. The molecule has 7 heteroatoms. The van der Waals surface area contributed by atoms with Gasteiger partial charge in [0.25, 0.3) is 0 Å². The van der Waals surface area contributed by atoms with Gasteiger partial charge in [0.05, 0.1) is 24.1 Å². The highest BCUT2D eigenvalue weighted by Gasteiger charge is 2.56. The molecule has 4 atom stereocenters. The summed E-state index contributed by atoms with van der Waals surface area (Å²) >= 11 is 0. The fourth-order valence-electron chi connectivity index (χ4n) is 6.82. The zero-order chi connectivity index (χ0) is 28.1. The maximum atomic E-state index is 14.0. The first-order valence-electron chi connectivity index (χ1n) is 13.8. The van der Waals surface area contributed by atoms with Crippen LogP contribution in [0.2, 0.25) is 0 Å². The predicted molar refractivity (Wildman–Crippen MR) is 149 cm³/mol. The number of rotatable bonds is 6. The topological polar surface area (TPSA) is 101 Å². The van der Waals surface area contributed by atoms with Gasteiger partial charge in [-0.3, -0.25) is 24.1 Å². The van der Waals surface area contributed by atoms with Crippen LogP contribution in [-0.2, 0) is 25.6 Å². The Hall–Kier alpha value is -4.10. The second kappa shape index (κ2) is 10.1. The van der Waals surface area contributed by atoms with E-state index >= 15 is 0 Å². The highest BCUT2D eigenvalue weighted by Crippen LogP contribution is 2.55. The molecule has 1 saturated heterocycles. The summed E-state index contributed by atoms with van der Waals surface area (Å²) in [5, 5.41) is 9.08. The Morgan fingerprint density at radius 3 is 2.35 bits per heavy atom. The molecule has 3 aliphatic carbocycles. The van der Waals surface area contributed by atoms with Gasteiger partial charge in [-0.2, -0.15) is 0 Å². The van der Waals surface area contributed by atoms with E-state index in [0.29, 0.717) is 34.6 Å². The fourth-order valence-corrected chi connectivity index (χ4v) is 6.82. The zero-order valence-corrected chi connectivity index (χ0v) is 22.6. The van der Waals surface area contributed by atoms with Crippen LogP contribution < -0.4 is 9.64 Å². The third kappa shape index (κ3) is 4.07. The number of amides is 2. The average molecular weight is 538 g/mol. The van der Waals surface area contributed by atoms with Gasteiger partial charge in [-0.1, -0.05) is 42.8 Å². The number of imide groups is 1. The summed E-state index contributed by atoms with van der Waals surface area (Å²) in [5.74, 6) is -2.20. The van der Waals surface area contributed by atoms with E-state index in [4.69, 9.17) is 9.84 Å². The minimum atomic E-state index is -0.601. The number of aryl methyl sites for hydroxylation is 1. The van der Waals surface area contributed by atoms with E-state index in [-0.39, 0.29) is 48.9 Å². The van der Waals surface area contributed by atoms with E-state index in [1.54, 1.807) is 19.1 Å². The van der Waals surface area contributed by atoms with Gasteiger partial charge in [0.1, 0.15) is 12.4 Å². The number of ketones is 2. The number of Topliss-reactive ketones (excluding diaryl/α,β-unsaturated/α-hetero) is 1. The monoisotopic (exact) mass is 537 g/mol. The smallest absolute Gasteiger partial charge is 0.238 e. The van der Waals surface area contributed by atoms with Gasteiger partial charge in [0, 0.05) is 22.6 Å².